The van der Waals surface area contributed by atoms with E-state index in [2.05, 4.69) is 178 Å². The second-order valence-corrected chi connectivity index (χ2v) is 14.6. The van der Waals surface area contributed by atoms with Gasteiger partial charge in [-0.3, -0.25) is 0 Å². The lowest BCUT2D eigenvalue weighted by atomic mass is 9.82. The molecular formula is C51H36N2. The number of hydrogen-bond donors (Lipinski definition) is 0. The van der Waals surface area contributed by atoms with Crippen molar-refractivity contribution in [1.82, 2.24) is 9.97 Å². The number of aromatic nitrogens is 2. The molecule has 0 fully saturated rings. The van der Waals surface area contributed by atoms with E-state index in [1.807, 2.05) is 18.2 Å². The minimum atomic E-state index is 0.00837. The Balaban J connectivity index is 1.05. The first-order chi connectivity index (χ1) is 26.0. The van der Waals surface area contributed by atoms with Crippen LogP contribution in [0.2, 0.25) is 0 Å². The Hall–Kier alpha value is -6.64. The summed E-state index contributed by atoms with van der Waals surface area (Å²) in [6.45, 7) is 4.66. The van der Waals surface area contributed by atoms with Crippen molar-refractivity contribution in [2.45, 2.75) is 19.3 Å². The van der Waals surface area contributed by atoms with Crippen LogP contribution in [0.3, 0.4) is 0 Å². The zero-order valence-electron chi connectivity index (χ0n) is 29.7. The molecule has 9 aromatic rings. The first-order valence-corrected chi connectivity index (χ1v) is 18.3. The molecule has 0 unspecified atom stereocenters. The average molecular weight is 677 g/mol. The van der Waals surface area contributed by atoms with Crippen molar-refractivity contribution in [2.24, 2.45) is 0 Å². The predicted molar refractivity (Wildman–Crippen MR) is 222 cm³/mol. The van der Waals surface area contributed by atoms with E-state index in [0.29, 0.717) is 5.82 Å². The maximum Gasteiger partial charge on any atom is 0.160 e. The van der Waals surface area contributed by atoms with E-state index in [1.165, 1.54) is 60.7 Å². The molecule has 10 rings (SSSR count). The predicted octanol–water partition coefficient (Wildman–Crippen LogP) is 13.4. The summed E-state index contributed by atoms with van der Waals surface area (Å²) in [5.74, 6) is 0.716. The molecule has 0 aliphatic heterocycles. The van der Waals surface area contributed by atoms with Crippen LogP contribution < -0.4 is 0 Å². The van der Waals surface area contributed by atoms with Crippen molar-refractivity contribution in [3.8, 4) is 67.3 Å². The van der Waals surface area contributed by atoms with Crippen molar-refractivity contribution in [2.75, 3.05) is 0 Å². The molecular weight excluding hydrogens is 641 g/mol. The molecule has 2 heteroatoms. The fourth-order valence-electron chi connectivity index (χ4n) is 8.31. The van der Waals surface area contributed by atoms with E-state index in [1.54, 1.807) is 0 Å². The monoisotopic (exact) mass is 676 g/mol. The Bertz CT molecular complexity index is 2850. The third-order valence-electron chi connectivity index (χ3n) is 11.1. The van der Waals surface area contributed by atoms with Crippen LogP contribution in [0.5, 0.6) is 0 Å². The quantitative estimate of drug-likeness (QED) is 0.181. The van der Waals surface area contributed by atoms with E-state index >= 15 is 0 Å². The highest BCUT2D eigenvalue weighted by Gasteiger charge is 2.35. The lowest BCUT2D eigenvalue weighted by Gasteiger charge is -2.21. The molecule has 2 nitrogen and oxygen atoms in total. The van der Waals surface area contributed by atoms with E-state index in [9.17, 15) is 0 Å². The fraction of sp³-hybridized carbons (Fsp3) is 0.0588. The summed E-state index contributed by atoms with van der Waals surface area (Å²) in [5, 5.41) is 4.76. The van der Waals surface area contributed by atoms with Gasteiger partial charge in [-0.15, -0.1) is 0 Å². The minimum Gasteiger partial charge on any atom is -0.228 e. The SMILES string of the molecule is CC1(C)c2ccccc2-c2cc(-c3ccc(-c4ccc(-c5cc(-c6ccc7ccccc7c6)nc(-c6ccccc6)n5)c5ccccc45)cc3)ccc21. The number of benzene rings is 8. The number of rotatable bonds is 5. The lowest BCUT2D eigenvalue weighted by molar-refractivity contribution is 0.660. The molecule has 0 radical (unpaired) electrons. The van der Waals surface area contributed by atoms with E-state index in [4.69, 9.17) is 9.97 Å². The first-order valence-electron chi connectivity index (χ1n) is 18.3. The van der Waals surface area contributed by atoms with Gasteiger partial charge in [0.15, 0.2) is 5.82 Å². The van der Waals surface area contributed by atoms with Crippen LogP contribution in [-0.2, 0) is 5.41 Å². The van der Waals surface area contributed by atoms with Crippen LogP contribution >= 0.6 is 0 Å². The van der Waals surface area contributed by atoms with Crippen LogP contribution in [0.4, 0.5) is 0 Å². The van der Waals surface area contributed by atoms with Gasteiger partial charge in [0.1, 0.15) is 0 Å². The molecule has 250 valence electrons. The maximum absolute atomic E-state index is 5.20. The molecule has 0 atom stereocenters. The average Bonchev–Trinajstić information content (AvgIpc) is 3.45. The van der Waals surface area contributed by atoms with Crippen LogP contribution in [0.1, 0.15) is 25.0 Å². The summed E-state index contributed by atoms with van der Waals surface area (Å²) in [4.78, 5) is 10.3. The zero-order chi connectivity index (χ0) is 35.5. The first kappa shape index (κ1) is 31.1. The van der Waals surface area contributed by atoms with Crippen LogP contribution in [0.25, 0.3) is 88.8 Å². The Morgan fingerprint density at radius 1 is 0.340 bits per heavy atom. The highest BCUT2D eigenvalue weighted by Crippen LogP contribution is 2.49. The Morgan fingerprint density at radius 3 is 1.77 bits per heavy atom. The second-order valence-electron chi connectivity index (χ2n) is 14.6. The van der Waals surface area contributed by atoms with E-state index < -0.39 is 0 Å². The van der Waals surface area contributed by atoms with Crippen molar-refractivity contribution in [3.63, 3.8) is 0 Å². The summed E-state index contributed by atoms with van der Waals surface area (Å²) in [7, 11) is 0. The smallest absolute Gasteiger partial charge is 0.160 e. The second kappa shape index (κ2) is 12.3. The summed E-state index contributed by atoms with van der Waals surface area (Å²) in [6.07, 6.45) is 0. The lowest BCUT2D eigenvalue weighted by Crippen LogP contribution is -2.14. The van der Waals surface area contributed by atoms with E-state index in [-0.39, 0.29) is 5.41 Å². The Labute approximate surface area is 310 Å². The third kappa shape index (κ3) is 5.26. The molecule has 53 heavy (non-hydrogen) atoms. The van der Waals surface area contributed by atoms with Crippen molar-refractivity contribution in [1.29, 1.82) is 0 Å². The van der Waals surface area contributed by atoms with Gasteiger partial charge in [0.05, 0.1) is 11.4 Å². The van der Waals surface area contributed by atoms with Gasteiger partial charge in [0.2, 0.25) is 0 Å². The van der Waals surface area contributed by atoms with Gasteiger partial charge >= 0.3 is 0 Å². The minimum absolute atomic E-state index is 0.00837. The molecule has 1 aliphatic rings. The fourth-order valence-corrected chi connectivity index (χ4v) is 8.31. The molecule has 1 aromatic heterocycles. The molecule has 0 bridgehead atoms. The number of fused-ring (bicyclic) bond motifs is 5. The summed E-state index contributed by atoms with van der Waals surface area (Å²) >= 11 is 0. The third-order valence-corrected chi connectivity index (χ3v) is 11.1. The molecule has 0 spiro atoms. The van der Waals surface area contributed by atoms with Crippen LogP contribution in [0, 0.1) is 0 Å². The standard InChI is InChI=1S/C51H36N2/c1-51(2)46-19-11-10-18-43(46)45-31-38(26-29-47(45)51)34-20-23-35(24-21-34)40-27-28-44(42-17-9-8-16-41(40)42)49-32-48(52-50(53-49)36-13-4-3-5-14-36)39-25-22-33-12-6-7-15-37(33)30-39/h3-32H,1-2H3. The van der Waals surface area contributed by atoms with Crippen LogP contribution in [0.15, 0.2) is 182 Å². The Kier molecular flexibility index (Phi) is 7.19. The van der Waals surface area contributed by atoms with Gasteiger partial charge in [-0.05, 0) is 84.3 Å². The molecule has 0 amide bonds. The zero-order valence-corrected chi connectivity index (χ0v) is 29.7. The molecule has 1 heterocycles. The van der Waals surface area contributed by atoms with Crippen molar-refractivity contribution in [3.05, 3.63) is 193 Å². The highest BCUT2D eigenvalue weighted by atomic mass is 14.9. The molecule has 0 saturated heterocycles. The van der Waals surface area contributed by atoms with Crippen molar-refractivity contribution < 1.29 is 0 Å². The Morgan fingerprint density at radius 2 is 0.943 bits per heavy atom. The molecule has 0 saturated carbocycles. The number of nitrogens with zero attached hydrogens (tertiary/aromatic N) is 2. The van der Waals surface area contributed by atoms with Crippen LogP contribution in [-0.4, -0.2) is 9.97 Å². The molecule has 8 aromatic carbocycles. The highest BCUT2D eigenvalue weighted by molar-refractivity contribution is 6.05. The van der Waals surface area contributed by atoms with Gasteiger partial charge in [0.25, 0.3) is 0 Å². The summed E-state index contributed by atoms with van der Waals surface area (Å²) in [5.41, 5.74) is 15.3. The number of hydrogen-bond acceptors (Lipinski definition) is 2. The largest absolute Gasteiger partial charge is 0.228 e. The van der Waals surface area contributed by atoms with Gasteiger partial charge < -0.3 is 0 Å². The molecule has 0 N–H and O–H groups in total. The topological polar surface area (TPSA) is 25.8 Å². The van der Waals surface area contributed by atoms with E-state index in [0.717, 1.165) is 33.5 Å². The van der Waals surface area contributed by atoms with Gasteiger partial charge in [-0.2, -0.15) is 0 Å². The van der Waals surface area contributed by atoms with Gasteiger partial charge in [0, 0.05) is 22.1 Å². The summed E-state index contributed by atoms with van der Waals surface area (Å²) in [6, 6.07) is 65.5. The van der Waals surface area contributed by atoms with Gasteiger partial charge in [-0.1, -0.05) is 178 Å². The molecule has 1 aliphatic carbocycles. The maximum atomic E-state index is 5.20. The van der Waals surface area contributed by atoms with Crippen molar-refractivity contribution >= 4 is 21.5 Å². The summed E-state index contributed by atoms with van der Waals surface area (Å²) < 4.78 is 0. The normalized spacial score (nSPS) is 12.9. The van der Waals surface area contributed by atoms with Gasteiger partial charge in [-0.25, -0.2) is 9.97 Å².